The molecule has 0 spiro atoms. The third-order valence-electron chi connectivity index (χ3n) is 4.83. The third-order valence-corrected chi connectivity index (χ3v) is 4.83. The molecule has 1 atom stereocenters. The zero-order valence-electron chi connectivity index (χ0n) is 14.2. The van der Waals surface area contributed by atoms with Crippen molar-refractivity contribution in [3.63, 3.8) is 0 Å². The topological polar surface area (TPSA) is 23.6 Å². The highest BCUT2D eigenvalue weighted by Crippen LogP contribution is 2.28. The molecular formula is C20H23FN2O. The van der Waals surface area contributed by atoms with E-state index < -0.39 is 0 Å². The van der Waals surface area contributed by atoms with Crippen molar-refractivity contribution in [2.45, 2.75) is 26.3 Å². The predicted octanol–water partition coefficient (Wildman–Crippen LogP) is 3.80. The highest BCUT2D eigenvalue weighted by atomic mass is 19.1. The maximum atomic E-state index is 13.1. The number of likely N-dealkylation sites (N-methyl/N-ethyl adjacent to an activating group) is 1. The van der Waals surface area contributed by atoms with Gasteiger partial charge in [-0.2, -0.15) is 0 Å². The minimum atomic E-state index is -0.237. The highest BCUT2D eigenvalue weighted by Gasteiger charge is 2.26. The lowest BCUT2D eigenvalue weighted by atomic mass is 10.1. The van der Waals surface area contributed by atoms with Crippen molar-refractivity contribution in [1.29, 1.82) is 0 Å². The van der Waals surface area contributed by atoms with Gasteiger partial charge >= 0.3 is 0 Å². The van der Waals surface area contributed by atoms with Gasteiger partial charge < -0.3 is 4.90 Å². The Kier molecular flexibility index (Phi) is 4.95. The van der Waals surface area contributed by atoms with Gasteiger partial charge in [-0.25, -0.2) is 4.39 Å². The van der Waals surface area contributed by atoms with E-state index in [1.165, 1.54) is 17.7 Å². The number of anilines is 1. The van der Waals surface area contributed by atoms with E-state index in [1.54, 1.807) is 12.1 Å². The lowest BCUT2D eigenvalue weighted by Gasteiger charge is -2.29. The van der Waals surface area contributed by atoms with E-state index in [0.29, 0.717) is 6.54 Å². The normalized spacial score (nSPS) is 14.8. The number of hydrogen-bond donors (Lipinski definition) is 0. The molecule has 0 saturated heterocycles. The molecule has 3 rings (SSSR count). The van der Waals surface area contributed by atoms with Gasteiger partial charge in [0.15, 0.2) is 0 Å². The van der Waals surface area contributed by atoms with Crippen LogP contribution < -0.4 is 4.90 Å². The van der Waals surface area contributed by atoms with Gasteiger partial charge in [0.05, 0.1) is 6.54 Å². The Bertz CT molecular complexity index is 714. The Labute approximate surface area is 142 Å². The number of benzene rings is 2. The average molecular weight is 326 g/mol. The fourth-order valence-corrected chi connectivity index (χ4v) is 3.33. The van der Waals surface area contributed by atoms with Crippen LogP contribution in [0, 0.1) is 5.82 Å². The Hall–Kier alpha value is -2.20. The largest absolute Gasteiger partial charge is 0.311 e. The summed E-state index contributed by atoms with van der Waals surface area (Å²) in [6.45, 7) is 5.98. The van der Waals surface area contributed by atoms with Crippen molar-refractivity contribution in [3.05, 3.63) is 65.5 Å². The first-order valence-corrected chi connectivity index (χ1v) is 8.48. The molecule has 3 nitrogen and oxygen atoms in total. The van der Waals surface area contributed by atoms with Crippen molar-refractivity contribution in [2.24, 2.45) is 0 Å². The van der Waals surface area contributed by atoms with Gasteiger partial charge in [0.1, 0.15) is 5.82 Å². The molecule has 0 aromatic heterocycles. The molecule has 0 aliphatic carbocycles. The summed E-state index contributed by atoms with van der Waals surface area (Å²) in [5.41, 5.74) is 3.29. The van der Waals surface area contributed by atoms with Crippen molar-refractivity contribution in [1.82, 2.24) is 4.90 Å². The average Bonchev–Trinajstić information content (AvgIpc) is 3.04. The monoisotopic (exact) mass is 326 g/mol. The number of rotatable bonds is 5. The second kappa shape index (κ2) is 7.14. The SMILES string of the molecule is CCN(CC(=O)N1CCc2ccccc21)C(C)c1ccc(F)cc1. The van der Waals surface area contributed by atoms with Gasteiger partial charge in [-0.05, 0) is 49.2 Å². The Morgan fingerprint density at radius 3 is 2.62 bits per heavy atom. The van der Waals surface area contributed by atoms with Crippen LogP contribution in [0.3, 0.4) is 0 Å². The van der Waals surface area contributed by atoms with Gasteiger partial charge in [-0.15, -0.1) is 0 Å². The first-order chi connectivity index (χ1) is 11.6. The molecule has 2 aromatic rings. The summed E-state index contributed by atoms with van der Waals surface area (Å²) in [6, 6.07) is 14.7. The van der Waals surface area contributed by atoms with E-state index in [-0.39, 0.29) is 17.8 Å². The number of hydrogen-bond acceptors (Lipinski definition) is 2. The molecule has 0 radical (unpaired) electrons. The maximum Gasteiger partial charge on any atom is 0.241 e. The van der Waals surface area contributed by atoms with E-state index in [0.717, 1.165) is 30.8 Å². The van der Waals surface area contributed by atoms with Crippen molar-refractivity contribution >= 4 is 11.6 Å². The molecule has 1 aliphatic rings. The van der Waals surface area contributed by atoms with Crippen LogP contribution in [0.5, 0.6) is 0 Å². The predicted molar refractivity (Wildman–Crippen MR) is 94.6 cm³/mol. The zero-order valence-corrected chi connectivity index (χ0v) is 14.2. The van der Waals surface area contributed by atoms with Gasteiger partial charge in [0.2, 0.25) is 5.91 Å². The Morgan fingerprint density at radius 1 is 1.21 bits per heavy atom. The number of nitrogens with zero attached hydrogens (tertiary/aromatic N) is 2. The summed E-state index contributed by atoms with van der Waals surface area (Å²) in [6.07, 6.45) is 0.918. The number of amides is 1. The number of carbonyl (C=O) groups is 1. The molecule has 2 aromatic carbocycles. The fraction of sp³-hybridized carbons (Fsp3) is 0.350. The van der Waals surface area contributed by atoms with Crippen LogP contribution in [0.4, 0.5) is 10.1 Å². The molecule has 0 bridgehead atoms. The summed E-state index contributed by atoms with van der Waals surface area (Å²) in [7, 11) is 0. The second-order valence-corrected chi connectivity index (χ2v) is 6.21. The number of carbonyl (C=O) groups excluding carboxylic acids is 1. The van der Waals surface area contributed by atoms with Crippen LogP contribution in [-0.2, 0) is 11.2 Å². The molecule has 4 heteroatoms. The molecule has 1 aliphatic heterocycles. The van der Waals surface area contributed by atoms with E-state index in [2.05, 4.69) is 17.9 Å². The second-order valence-electron chi connectivity index (χ2n) is 6.21. The van der Waals surface area contributed by atoms with Crippen molar-refractivity contribution < 1.29 is 9.18 Å². The molecule has 24 heavy (non-hydrogen) atoms. The van der Waals surface area contributed by atoms with Crippen molar-refractivity contribution in [2.75, 3.05) is 24.5 Å². The van der Waals surface area contributed by atoms with Crippen LogP contribution in [-0.4, -0.2) is 30.4 Å². The summed E-state index contributed by atoms with van der Waals surface area (Å²) < 4.78 is 13.1. The van der Waals surface area contributed by atoms with Crippen LogP contribution in [0.1, 0.15) is 31.0 Å². The van der Waals surface area contributed by atoms with Crippen LogP contribution in [0.25, 0.3) is 0 Å². The summed E-state index contributed by atoms with van der Waals surface area (Å²) in [5.74, 6) is -0.116. The molecule has 0 N–H and O–H groups in total. The van der Waals surface area contributed by atoms with Gasteiger partial charge in [-0.3, -0.25) is 9.69 Å². The number of para-hydroxylation sites is 1. The summed E-state index contributed by atoms with van der Waals surface area (Å²) in [4.78, 5) is 16.8. The zero-order chi connectivity index (χ0) is 17.1. The first-order valence-electron chi connectivity index (χ1n) is 8.48. The number of fused-ring (bicyclic) bond motifs is 1. The molecule has 126 valence electrons. The quantitative estimate of drug-likeness (QED) is 0.834. The standard InChI is InChI=1S/C20H23FN2O/c1-3-22(15(2)16-8-10-18(21)11-9-16)14-20(24)23-13-12-17-6-4-5-7-19(17)23/h4-11,15H,3,12-14H2,1-2H3. The summed E-state index contributed by atoms with van der Waals surface area (Å²) in [5, 5.41) is 0. The first kappa shape index (κ1) is 16.7. The molecule has 0 saturated carbocycles. The Balaban J connectivity index is 1.71. The van der Waals surface area contributed by atoms with Gasteiger partial charge in [-0.1, -0.05) is 37.3 Å². The Morgan fingerprint density at radius 2 is 1.92 bits per heavy atom. The van der Waals surface area contributed by atoms with Crippen LogP contribution >= 0.6 is 0 Å². The molecule has 1 amide bonds. The molecule has 0 fully saturated rings. The van der Waals surface area contributed by atoms with E-state index in [1.807, 2.05) is 30.0 Å². The highest BCUT2D eigenvalue weighted by molar-refractivity contribution is 5.96. The third kappa shape index (κ3) is 3.34. The summed E-state index contributed by atoms with van der Waals surface area (Å²) >= 11 is 0. The van der Waals surface area contributed by atoms with Crippen LogP contribution in [0.2, 0.25) is 0 Å². The molecular weight excluding hydrogens is 303 g/mol. The maximum absolute atomic E-state index is 13.1. The number of halogens is 1. The minimum absolute atomic E-state index is 0.0670. The van der Waals surface area contributed by atoms with Gasteiger partial charge in [0.25, 0.3) is 0 Å². The van der Waals surface area contributed by atoms with E-state index in [9.17, 15) is 9.18 Å². The van der Waals surface area contributed by atoms with E-state index in [4.69, 9.17) is 0 Å². The molecule has 1 heterocycles. The van der Waals surface area contributed by atoms with E-state index >= 15 is 0 Å². The lowest BCUT2D eigenvalue weighted by Crippen LogP contribution is -2.40. The molecule has 1 unspecified atom stereocenters. The fourth-order valence-electron chi connectivity index (χ4n) is 3.33. The van der Waals surface area contributed by atoms with Crippen LogP contribution in [0.15, 0.2) is 48.5 Å². The minimum Gasteiger partial charge on any atom is -0.311 e. The van der Waals surface area contributed by atoms with Gasteiger partial charge in [0, 0.05) is 18.3 Å². The smallest absolute Gasteiger partial charge is 0.241 e. The van der Waals surface area contributed by atoms with Crippen molar-refractivity contribution in [3.8, 4) is 0 Å². The lowest BCUT2D eigenvalue weighted by molar-refractivity contribution is -0.120.